The van der Waals surface area contributed by atoms with E-state index >= 15 is 0 Å². The molecule has 0 unspecified atom stereocenters. The first kappa shape index (κ1) is 16.0. The zero-order chi connectivity index (χ0) is 13.8. The molecule has 3 heteroatoms. The van der Waals surface area contributed by atoms with E-state index in [0.717, 1.165) is 38.5 Å². The number of hydrogen-bond donors (Lipinski definition) is 1. The molecule has 0 heterocycles. The number of aryl methyl sites for hydroxylation is 1. The summed E-state index contributed by atoms with van der Waals surface area (Å²) in [6.45, 7) is 5.62. The molecule has 0 fully saturated rings. The van der Waals surface area contributed by atoms with Gasteiger partial charge in [-0.15, -0.1) is 0 Å². The van der Waals surface area contributed by atoms with Crippen molar-refractivity contribution in [2.24, 2.45) is 0 Å². The Labute approximate surface area is 117 Å². The van der Waals surface area contributed by atoms with Crippen LogP contribution in [0.3, 0.4) is 0 Å². The fourth-order valence-corrected chi connectivity index (χ4v) is 1.82. The highest BCUT2D eigenvalue weighted by Gasteiger charge is 1.96. The molecule has 0 bridgehead atoms. The molecule has 0 spiro atoms. The minimum Gasteiger partial charge on any atom is -0.494 e. The standard InChI is InChI=1S/C16H27NO2/c1-3-4-6-15-7-9-16(10-8-15)19-13-5-11-17-12-14-18-2/h7-10,17H,3-6,11-14H2,1-2H3. The molecule has 0 aliphatic heterocycles. The first-order valence-corrected chi connectivity index (χ1v) is 7.28. The monoisotopic (exact) mass is 265 g/mol. The van der Waals surface area contributed by atoms with Crippen LogP contribution in [0.4, 0.5) is 0 Å². The molecule has 0 aromatic heterocycles. The van der Waals surface area contributed by atoms with Crippen LogP contribution in [0.5, 0.6) is 5.75 Å². The Bertz CT molecular complexity index is 311. The highest BCUT2D eigenvalue weighted by Crippen LogP contribution is 2.13. The fourth-order valence-electron chi connectivity index (χ4n) is 1.82. The van der Waals surface area contributed by atoms with Crippen molar-refractivity contribution in [2.45, 2.75) is 32.6 Å². The molecule has 0 aliphatic carbocycles. The van der Waals surface area contributed by atoms with E-state index in [0.29, 0.717) is 0 Å². The second-order valence-electron chi connectivity index (χ2n) is 4.69. The van der Waals surface area contributed by atoms with Crippen LogP contribution in [0.15, 0.2) is 24.3 Å². The second-order valence-corrected chi connectivity index (χ2v) is 4.69. The smallest absolute Gasteiger partial charge is 0.119 e. The molecule has 0 radical (unpaired) electrons. The van der Waals surface area contributed by atoms with Crippen molar-refractivity contribution in [3.63, 3.8) is 0 Å². The summed E-state index contributed by atoms with van der Waals surface area (Å²) in [6, 6.07) is 8.48. The average Bonchev–Trinajstić information content (AvgIpc) is 2.45. The highest BCUT2D eigenvalue weighted by atomic mass is 16.5. The van der Waals surface area contributed by atoms with Crippen LogP contribution in [0.1, 0.15) is 31.7 Å². The van der Waals surface area contributed by atoms with Gasteiger partial charge in [0.25, 0.3) is 0 Å². The Morgan fingerprint density at radius 3 is 2.47 bits per heavy atom. The summed E-state index contributed by atoms with van der Waals surface area (Å²) in [5, 5.41) is 3.30. The predicted octanol–water partition coefficient (Wildman–Crippen LogP) is 3.03. The third-order valence-corrected chi connectivity index (χ3v) is 2.99. The zero-order valence-corrected chi connectivity index (χ0v) is 12.3. The lowest BCUT2D eigenvalue weighted by Crippen LogP contribution is -2.21. The first-order chi connectivity index (χ1) is 9.36. The second kappa shape index (κ2) is 10.8. The third kappa shape index (κ3) is 7.85. The normalized spacial score (nSPS) is 10.6. The molecule has 1 rings (SSSR count). The van der Waals surface area contributed by atoms with E-state index in [1.807, 2.05) is 0 Å². The Kier molecular flexibility index (Phi) is 9.11. The van der Waals surface area contributed by atoms with Crippen molar-refractivity contribution in [3.05, 3.63) is 29.8 Å². The summed E-state index contributed by atoms with van der Waals surface area (Å²) in [7, 11) is 1.72. The van der Waals surface area contributed by atoms with E-state index in [-0.39, 0.29) is 0 Å². The zero-order valence-electron chi connectivity index (χ0n) is 12.3. The SMILES string of the molecule is CCCCc1ccc(OCCCNCCOC)cc1. The molecule has 1 aromatic carbocycles. The average molecular weight is 265 g/mol. The number of unbranched alkanes of at least 4 members (excludes halogenated alkanes) is 1. The van der Waals surface area contributed by atoms with Gasteiger partial charge in [-0.2, -0.15) is 0 Å². The minimum absolute atomic E-state index is 0.758. The van der Waals surface area contributed by atoms with Crippen LogP contribution in [-0.4, -0.2) is 33.4 Å². The summed E-state index contributed by atoms with van der Waals surface area (Å²) in [4.78, 5) is 0. The van der Waals surface area contributed by atoms with Crippen LogP contribution in [-0.2, 0) is 11.2 Å². The maximum Gasteiger partial charge on any atom is 0.119 e. The van der Waals surface area contributed by atoms with E-state index < -0.39 is 0 Å². The lowest BCUT2D eigenvalue weighted by atomic mass is 10.1. The molecule has 0 saturated heterocycles. The maximum absolute atomic E-state index is 5.70. The maximum atomic E-state index is 5.70. The number of ether oxygens (including phenoxy) is 2. The summed E-state index contributed by atoms with van der Waals surface area (Å²) in [5.41, 5.74) is 1.40. The predicted molar refractivity (Wildman–Crippen MR) is 79.9 cm³/mol. The molecule has 19 heavy (non-hydrogen) atoms. The Morgan fingerprint density at radius 2 is 1.79 bits per heavy atom. The van der Waals surface area contributed by atoms with Crippen LogP contribution < -0.4 is 10.1 Å². The topological polar surface area (TPSA) is 30.5 Å². The van der Waals surface area contributed by atoms with E-state index in [1.54, 1.807) is 7.11 Å². The van der Waals surface area contributed by atoms with Crippen molar-refractivity contribution < 1.29 is 9.47 Å². The number of nitrogens with one attached hydrogen (secondary N) is 1. The number of methoxy groups -OCH3 is 1. The van der Waals surface area contributed by atoms with Crippen molar-refractivity contribution in [1.82, 2.24) is 5.32 Å². The fraction of sp³-hybridized carbons (Fsp3) is 0.625. The van der Waals surface area contributed by atoms with Crippen molar-refractivity contribution >= 4 is 0 Å². The summed E-state index contributed by atoms with van der Waals surface area (Å²) in [6.07, 6.45) is 4.68. The van der Waals surface area contributed by atoms with Crippen LogP contribution in [0.25, 0.3) is 0 Å². The van der Waals surface area contributed by atoms with Gasteiger partial charge in [0.1, 0.15) is 5.75 Å². The molecule has 0 saturated carbocycles. The quantitative estimate of drug-likeness (QED) is 0.624. The van der Waals surface area contributed by atoms with E-state index in [1.165, 1.54) is 24.8 Å². The molecule has 0 atom stereocenters. The molecule has 0 amide bonds. The minimum atomic E-state index is 0.758. The van der Waals surface area contributed by atoms with Crippen LogP contribution >= 0.6 is 0 Å². The third-order valence-electron chi connectivity index (χ3n) is 2.99. The van der Waals surface area contributed by atoms with Gasteiger partial charge in [0.2, 0.25) is 0 Å². The Hall–Kier alpha value is -1.06. The van der Waals surface area contributed by atoms with Gasteiger partial charge in [0.15, 0.2) is 0 Å². The number of benzene rings is 1. The van der Waals surface area contributed by atoms with Crippen molar-refractivity contribution in [3.8, 4) is 5.75 Å². The van der Waals surface area contributed by atoms with Crippen molar-refractivity contribution in [1.29, 1.82) is 0 Å². The lowest BCUT2D eigenvalue weighted by molar-refractivity contribution is 0.198. The molecule has 108 valence electrons. The van der Waals surface area contributed by atoms with Gasteiger partial charge in [0, 0.05) is 13.7 Å². The van der Waals surface area contributed by atoms with Gasteiger partial charge in [-0.3, -0.25) is 0 Å². The van der Waals surface area contributed by atoms with Gasteiger partial charge in [-0.25, -0.2) is 0 Å². The first-order valence-electron chi connectivity index (χ1n) is 7.28. The van der Waals surface area contributed by atoms with Gasteiger partial charge < -0.3 is 14.8 Å². The molecular weight excluding hydrogens is 238 g/mol. The summed E-state index contributed by atoms with van der Waals surface area (Å²) in [5.74, 6) is 0.970. The summed E-state index contributed by atoms with van der Waals surface area (Å²) < 4.78 is 10.7. The van der Waals surface area contributed by atoms with E-state index in [2.05, 4.69) is 36.5 Å². The molecule has 3 nitrogen and oxygen atoms in total. The Morgan fingerprint density at radius 1 is 1.00 bits per heavy atom. The van der Waals surface area contributed by atoms with Gasteiger partial charge in [0.05, 0.1) is 13.2 Å². The molecule has 0 aliphatic rings. The summed E-state index contributed by atoms with van der Waals surface area (Å²) >= 11 is 0. The Balaban J connectivity index is 2.09. The molecule has 1 aromatic rings. The van der Waals surface area contributed by atoms with E-state index in [9.17, 15) is 0 Å². The lowest BCUT2D eigenvalue weighted by Gasteiger charge is -2.08. The van der Waals surface area contributed by atoms with E-state index in [4.69, 9.17) is 9.47 Å². The molecular formula is C16H27NO2. The largest absolute Gasteiger partial charge is 0.494 e. The highest BCUT2D eigenvalue weighted by molar-refractivity contribution is 5.27. The van der Waals surface area contributed by atoms with Gasteiger partial charge >= 0.3 is 0 Å². The molecule has 1 N–H and O–H groups in total. The van der Waals surface area contributed by atoms with Crippen LogP contribution in [0.2, 0.25) is 0 Å². The number of hydrogen-bond acceptors (Lipinski definition) is 3. The van der Waals surface area contributed by atoms with Crippen molar-refractivity contribution in [2.75, 3.05) is 33.4 Å². The van der Waals surface area contributed by atoms with Crippen LogP contribution in [0, 0.1) is 0 Å². The van der Waals surface area contributed by atoms with Gasteiger partial charge in [-0.05, 0) is 43.5 Å². The van der Waals surface area contributed by atoms with Gasteiger partial charge in [-0.1, -0.05) is 25.5 Å². The number of rotatable bonds is 11.